The van der Waals surface area contributed by atoms with Gasteiger partial charge in [-0.05, 0) is 24.1 Å². The first kappa shape index (κ1) is 14.7. The molecular weight excluding hydrogens is 216 g/mol. The van der Waals surface area contributed by atoms with E-state index in [1.807, 2.05) is 44.2 Å². The molecule has 0 amide bonds. The minimum absolute atomic E-state index is 0.0505. The minimum atomic E-state index is -0.0505. The molecule has 0 aliphatic rings. The largest absolute Gasteiger partial charge is 0.294 e. The molecule has 1 aromatic carbocycles. The average Bonchev–Trinajstić information content (AvgIpc) is 2.32. The Bertz CT molecular complexity index is 377. The molecule has 0 fully saturated rings. The van der Waals surface area contributed by atoms with Crippen molar-refractivity contribution in [2.45, 2.75) is 20.8 Å². The Hall–Kier alpha value is -1.28. The Labute approximate surface area is 103 Å². The molecule has 1 aromatic rings. The first-order chi connectivity index (χ1) is 7.61. The molecule has 2 heteroatoms. The first-order valence-corrected chi connectivity index (χ1v) is 5.72. The van der Waals surface area contributed by atoms with Gasteiger partial charge in [0.25, 0.3) is 0 Å². The fourth-order valence-corrected chi connectivity index (χ4v) is 1.16. The van der Waals surface area contributed by atoms with E-state index in [1.165, 1.54) is 6.92 Å². The highest BCUT2D eigenvalue weighted by Gasteiger charge is 1.99. The summed E-state index contributed by atoms with van der Waals surface area (Å²) in [6.45, 7) is 9.35. The normalized spacial score (nSPS) is 10.1. The van der Waals surface area contributed by atoms with Crippen LogP contribution in [0.15, 0.2) is 47.9 Å². The maximum atomic E-state index is 10.9. The number of thiol groups is 1. The van der Waals surface area contributed by atoms with Gasteiger partial charge >= 0.3 is 0 Å². The third-order valence-electron chi connectivity index (χ3n) is 1.82. The molecule has 0 N–H and O–H groups in total. The van der Waals surface area contributed by atoms with E-state index in [4.69, 9.17) is 0 Å². The van der Waals surface area contributed by atoms with Gasteiger partial charge in [0.05, 0.1) is 0 Å². The highest BCUT2D eigenvalue weighted by molar-refractivity contribution is 7.85. The van der Waals surface area contributed by atoms with Crippen LogP contribution < -0.4 is 0 Å². The third-order valence-corrected chi connectivity index (χ3v) is 2.26. The van der Waals surface area contributed by atoms with Crippen LogP contribution in [0.4, 0.5) is 0 Å². The number of allylic oxidation sites excluding steroid dienone is 3. The number of Topliss-reactive ketones (excluding diaryl/α,β-unsaturated/α-hetero) is 1. The number of hydrogen-bond donors (Lipinski definition) is 1. The van der Waals surface area contributed by atoms with E-state index in [-0.39, 0.29) is 5.78 Å². The Morgan fingerprint density at radius 3 is 2.19 bits per heavy atom. The van der Waals surface area contributed by atoms with Crippen molar-refractivity contribution in [2.24, 2.45) is 0 Å². The summed E-state index contributed by atoms with van der Waals surface area (Å²) in [5.41, 5.74) is 1.80. The Balaban J connectivity index is 0.00000106. The standard InChI is InChI=1S/C12H12OS.C2H6/c1-9(8-12(14)10(2)13)11-6-4-3-5-7-11;1-2/h3-8,14H,1H2,2H3;1-2H3/b12-8-;. The molecule has 0 radical (unpaired) electrons. The van der Waals surface area contributed by atoms with E-state index in [0.29, 0.717) is 4.91 Å². The molecule has 16 heavy (non-hydrogen) atoms. The van der Waals surface area contributed by atoms with Crippen LogP contribution in [0.25, 0.3) is 5.57 Å². The van der Waals surface area contributed by atoms with E-state index in [9.17, 15) is 4.79 Å². The van der Waals surface area contributed by atoms with Gasteiger partial charge in [0.15, 0.2) is 5.78 Å². The monoisotopic (exact) mass is 234 g/mol. The number of carbonyl (C=O) groups excluding carboxylic acids is 1. The molecule has 1 nitrogen and oxygen atoms in total. The second kappa shape index (κ2) is 7.94. The van der Waals surface area contributed by atoms with E-state index >= 15 is 0 Å². The van der Waals surface area contributed by atoms with Crippen molar-refractivity contribution < 1.29 is 4.79 Å². The second-order valence-electron chi connectivity index (χ2n) is 2.98. The van der Waals surface area contributed by atoms with Crippen molar-refractivity contribution in [1.29, 1.82) is 0 Å². The van der Waals surface area contributed by atoms with Crippen molar-refractivity contribution in [3.05, 3.63) is 53.5 Å². The molecule has 0 unspecified atom stereocenters. The number of ketones is 1. The Kier molecular flexibility index (Phi) is 7.31. The van der Waals surface area contributed by atoms with Crippen molar-refractivity contribution in [3.8, 4) is 0 Å². The van der Waals surface area contributed by atoms with Gasteiger partial charge in [-0.2, -0.15) is 0 Å². The van der Waals surface area contributed by atoms with E-state index in [0.717, 1.165) is 11.1 Å². The number of rotatable bonds is 3. The summed E-state index contributed by atoms with van der Waals surface area (Å²) in [7, 11) is 0. The van der Waals surface area contributed by atoms with Gasteiger partial charge in [-0.3, -0.25) is 4.79 Å². The molecule has 0 saturated heterocycles. The molecule has 86 valence electrons. The fourth-order valence-electron chi connectivity index (χ4n) is 1.00. The quantitative estimate of drug-likeness (QED) is 0.473. The van der Waals surface area contributed by atoms with Crippen LogP contribution in [0.3, 0.4) is 0 Å². The van der Waals surface area contributed by atoms with E-state index in [1.54, 1.807) is 6.08 Å². The van der Waals surface area contributed by atoms with Crippen molar-refractivity contribution >= 4 is 24.0 Å². The lowest BCUT2D eigenvalue weighted by atomic mass is 10.1. The number of hydrogen-bond acceptors (Lipinski definition) is 2. The lowest BCUT2D eigenvalue weighted by molar-refractivity contribution is -0.112. The summed E-state index contributed by atoms with van der Waals surface area (Å²) in [5, 5.41) is 0. The predicted molar refractivity (Wildman–Crippen MR) is 74.6 cm³/mol. The van der Waals surface area contributed by atoms with Crippen LogP contribution in [-0.4, -0.2) is 5.78 Å². The fraction of sp³-hybridized carbons (Fsp3) is 0.214. The van der Waals surface area contributed by atoms with Gasteiger partial charge in [0.1, 0.15) is 0 Å². The molecule has 0 aliphatic carbocycles. The van der Waals surface area contributed by atoms with Crippen LogP contribution in [0, 0.1) is 0 Å². The molecule has 0 aromatic heterocycles. The summed E-state index contributed by atoms with van der Waals surface area (Å²) >= 11 is 4.07. The van der Waals surface area contributed by atoms with E-state index < -0.39 is 0 Å². The van der Waals surface area contributed by atoms with Crippen LogP contribution in [0.2, 0.25) is 0 Å². The number of benzene rings is 1. The van der Waals surface area contributed by atoms with Crippen molar-refractivity contribution in [2.75, 3.05) is 0 Å². The zero-order chi connectivity index (χ0) is 12.6. The highest BCUT2D eigenvalue weighted by Crippen LogP contribution is 2.16. The maximum absolute atomic E-state index is 10.9. The van der Waals surface area contributed by atoms with Crippen LogP contribution in [0.1, 0.15) is 26.3 Å². The minimum Gasteiger partial charge on any atom is -0.294 e. The van der Waals surface area contributed by atoms with Crippen LogP contribution in [-0.2, 0) is 4.79 Å². The summed E-state index contributed by atoms with van der Waals surface area (Å²) in [5.74, 6) is -0.0505. The molecule has 0 bridgehead atoms. The lowest BCUT2D eigenvalue weighted by Gasteiger charge is -2.00. The molecule has 0 aliphatic heterocycles. The molecule has 0 spiro atoms. The summed E-state index contributed by atoms with van der Waals surface area (Å²) in [6, 6.07) is 9.69. The lowest BCUT2D eigenvalue weighted by Crippen LogP contribution is -1.89. The molecule has 1 rings (SSSR count). The molecular formula is C14H18OS. The van der Waals surface area contributed by atoms with Crippen LogP contribution >= 0.6 is 12.6 Å². The topological polar surface area (TPSA) is 17.1 Å². The summed E-state index contributed by atoms with van der Waals surface area (Å²) in [4.78, 5) is 11.4. The summed E-state index contributed by atoms with van der Waals surface area (Å²) < 4.78 is 0. The SMILES string of the molecule is C=C(/C=C(\S)C(C)=O)c1ccccc1.CC. The highest BCUT2D eigenvalue weighted by atomic mass is 32.1. The van der Waals surface area contributed by atoms with Crippen LogP contribution in [0.5, 0.6) is 0 Å². The van der Waals surface area contributed by atoms with Crippen molar-refractivity contribution in [3.63, 3.8) is 0 Å². The van der Waals surface area contributed by atoms with Gasteiger partial charge in [0.2, 0.25) is 0 Å². The molecule has 0 saturated carbocycles. The average molecular weight is 234 g/mol. The number of carbonyl (C=O) groups is 1. The van der Waals surface area contributed by atoms with Gasteiger partial charge in [-0.1, -0.05) is 50.8 Å². The molecule has 0 heterocycles. The maximum Gasteiger partial charge on any atom is 0.165 e. The zero-order valence-electron chi connectivity index (χ0n) is 10.0. The zero-order valence-corrected chi connectivity index (χ0v) is 10.9. The summed E-state index contributed by atoms with van der Waals surface area (Å²) in [6.07, 6.45) is 1.68. The Morgan fingerprint density at radius 1 is 1.25 bits per heavy atom. The smallest absolute Gasteiger partial charge is 0.165 e. The van der Waals surface area contributed by atoms with Gasteiger partial charge < -0.3 is 0 Å². The van der Waals surface area contributed by atoms with Gasteiger partial charge in [-0.15, -0.1) is 12.6 Å². The second-order valence-corrected chi connectivity index (χ2v) is 3.46. The van der Waals surface area contributed by atoms with Crippen molar-refractivity contribution in [1.82, 2.24) is 0 Å². The molecule has 0 atom stereocenters. The third kappa shape index (κ3) is 4.99. The first-order valence-electron chi connectivity index (χ1n) is 5.27. The van der Waals surface area contributed by atoms with Gasteiger partial charge in [0, 0.05) is 4.91 Å². The van der Waals surface area contributed by atoms with E-state index in [2.05, 4.69) is 19.2 Å². The predicted octanol–water partition coefficient (Wildman–Crippen LogP) is 4.13. The Morgan fingerprint density at radius 2 is 1.75 bits per heavy atom. The van der Waals surface area contributed by atoms with Gasteiger partial charge in [-0.25, -0.2) is 0 Å².